The minimum Gasteiger partial charge on any atom is -0.488 e. The summed E-state index contributed by atoms with van der Waals surface area (Å²) in [7, 11) is -2.33. The first-order valence-electron chi connectivity index (χ1n) is 9.04. The number of nitrogens with one attached hydrogen (secondary N) is 3. The van der Waals surface area contributed by atoms with Gasteiger partial charge in [0.25, 0.3) is 5.91 Å². The number of piperidine rings is 1. The van der Waals surface area contributed by atoms with E-state index in [2.05, 4.69) is 15.4 Å². The Hall–Kier alpha value is -1.85. The van der Waals surface area contributed by atoms with Crippen molar-refractivity contribution < 1.29 is 22.3 Å². The van der Waals surface area contributed by atoms with Gasteiger partial charge >= 0.3 is 0 Å². The number of anilines is 1. The Balaban J connectivity index is 0.00000256. The molecule has 2 aliphatic rings. The number of nitrogens with zero attached hydrogens (tertiary/aromatic N) is 1. The van der Waals surface area contributed by atoms with Crippen molar-refractivity contribution in [2.75, 3.05) is 25.0 Å². The van der Waals surface area contributed by atoms with Gasteiger partial charge in [-0.3, -0.25) is 4.79 Å². The molecule has 1 aromatic carbocycles. The van der Waals surface area contributed by atoms with Gasteiger partial charge in [0.2, 0.25) is 10.0 Å². The van der Waals surface area contributed by atoms with Gasteiger partial charge in [-0.2, -0.15) is 0 Å². The second kappa shape index (κ2) is 8.35. The number of sulfonamides is 1. The maximum Gasteiger partial charge on any atom is 0.276 e. The zero-order valence-electron chi connectivity index (χ0n) is 16.0. The Morgan fingerprint density at radius 1 is 1.33 bits per heavy atom. The molecule has 0 bridgehead atoms. The predicted molar refractivity (Wildman–Crippen MR) is 113 cm³/mol. The second-order valence-corrected chi connectivity index (χ2v) is 9.35. The summed E-state index contributed by atoms with van der Waals surface area (Å²) in [5.41, 5.74) is -0.384. The molecular weight excluding hydrogens is 458 g/mol. The molecule has 164 valence electrons. The van der Waals surface area contributed by atoms with Crippen molar-refractivity contribution in [3.05, 3.63) is 40.9 Å². The molecule has 2 aliphatic heterocycles. The van der Waals surface area contributed by atoms with Crippen molar-refractivity contribution in [2.24, 2.45) is 7.05 Å². The Bertz CT molecular complexity index is 1080. The molecular formula is C18H21Cl2FN4O4S. The molecule has 1 aromatic heterocycles. The van der Waals surface area contributed by atoms with Crippen molar-refractivity contribution >= 4 is 45.6 Å². The molecule has 0 radical (unpaired) electrons. The Labute approximate surface area is 184 Å². The number of halogens is 3. The molecule has 0 unspecified atom stereocenters. The standard InChI is InChI=1S/C18H20ClFN4O4S.ClH/c1-24-9-14-16(15(24)17(25)22-11-2-3-13(20)12(19)8-11)28-10-18(23-29(14,26)27)4-6-21-7-5-18;/h2-3,8-9,21,23H,4-7,10H2,1H3,(H,22,25);1H. The second-order valence-electron chi connectivity index (χ2n) is 7.29. The number of carbonyl (C=O) groups is 1. The average molecular weight is 479 g/mol. The smallest absolute Gasteiger partial charge is 0.276 e. The number of amides is 1. The minimum absolute atomic E-state index is 0. The van der Waals surface area contributed by atoms with Crippen molar-refractivity contribution in [2.45, 2.75) is 23.3 Å². The normalized spacial score (nSPS) is 19.2. The molecule has 30 heavy (non-hydrogen) atoms. The molecule has 1 saturated heterocycles. The van der Waals surface area contributed by atoms with Crippen LogP contribution in [0, 0.1) is 5.82 Å². The van der Waals surface area contributed by atoms with Crippen LogP contribution in [0.2, 0.25) is 5.02 Å². The van der Waals surface area contributed by atoms with Crippen molar-refractivity contribution in [3.8, 4) is 5.75 Å². The fourth-order valence-electron chi connectivity index (χ4n) is 3.67. The highest BCUT2D eigenvalue weighted by atomic mass is 35.5. The summed E-state index contributed by atoms with van der Waals surface area (Å²) in [6, 6.07) is 3.78. The van der Waals surface area contributed by atoms with Crippen LogP contribution in [0.25, 0.3) is 0 Å². The monoisotopic (exact) mass is 478 g/mol. The lowest BCUT2D eigenvalue weighted by Gasteiger charge is -2.35. The van der Waals surface area contributed by atoms with Crippen LogP contribution in [0.5, 0.6) is 5.75 Å². The number of hydrogen-bond acceptors (Lipinski definition) is 5. The van der Waals surface area contributed by atoms with Gasteiger partial charge in [0.1, 0.15) is 17.3 Å². The van der Waals surface area contributed by atoms with Crippen LogP contribution in [0.3, 0.4) is 0 Å². The van der Waals surface area contributed by atoms with E-state index in [-0.39, 0.29) is 46.1 Å². The van der Waals surface area contributed by atoms with Gasteiger partial charge < -0.3 is 19.9 Å². The molecule has 3 N–H and O–H groups in total. The fraction of sp³-hybridized carbons (Fsp3) is 0.389. The fourth-order valence-corrected chi connectivity index (χ4v) is 5.49. The van der Waals surface area contributed by atoms with Crippen LogP contribution in [0.15, 0.2) is 29.3 Å². The van der Waals surface area contributed by atoms with Crippen LogP contribution in [-0.4, -0.2) is 44.1 Å². The van der Waals surface area contributed by atoms with E-state index in [0.29, 0.717) is 25.9 Å². The SMILES string of the molecule is Cl.Cn1cc2c(c1C(=O)Nc1ccc(F)c(Cl)c1)OCC1(CCNCC1)NS2(=O)=O. The van der Waals surface area contributed by atoms with E-state index in [1.165, 1.54) is 22.9 Å². The van der Waals surface area contributed by atoms with E-state index in [0.717, 1.165) is 6.07 Å². The van der Waals surface area contributed by atoms with E-state index < -0.39 is 27.3 Å². The average Bonchev–Trinajstić information content (AvgIpc) is 2.96. The number of carbonyl (C=O) groups excluding carboxylic acids is 1. The number of hydrogen-bond donors (Lipinski definition) is 3. The Morgan fingerprint density at radius 3 is 2.70 bits per heavy atom. The minimum atomic E-state index is -3.88. The lowest BCUT2D eigenvalue weighted by Crippen LogP contribution is -2.56. The van der Waals surface area contributed by atoms with Crippen LogP contribution < -0.4 is 20.1 Å². The number of benzene rings is 1. The molecule has 12 heteroatoms. The first-order valence-corrected chi connectivity index (χ1v) is 10.9. The molecule has 0 saturated carbocycles. The number of fused-ring (bicyclic) bond motifs is 1. The summed E-state index contributed by atoms with van der Waals surface area (Å²) in [5, 5.41) is 5.67. The summed E-state index contributed by atoms with van der Waals surface area (Å²) in [4.78, 5) is 12.8. The molecule has 8 nitrogen and oxygen atoms in total. The highest BCUT2D eigenvalue weighted by Crippen LogP contribution is 2.36. The maximum atomic E-state index is 13.4. The number of aryl methyl sites for hydroxylation is 1. The third-order valence-corrected chi connectivity index (χ3v) is 7.05. The summed E-state index contributed by atoms with van der Waals surface area (Å²) < 4.78 is 49.4. The van der Waals surface area contributed by atoms with Crippen LogP contribution in [0.4, 0.5) is 10.1 Å². The zero-order chi connectivity index (χ0) is 20.8. The highest BCUT2D eigenvalue weighted by molar-refractivity contribution is 7.89. The lowest BCUT2D eigenvalue weighted by molar-refractivity contribution is 0.101. The predicted octanol–water partition coefficient (Wildman–Crippen LogP) is 2.28. The van der Waals surface area contributed by atoms with Crippen LogP contribution in [-0.2, 0) is 17.1 Å². The summed E-state index contributed by atoms with van der Waals surface area (Å²) in [5.74, 6) is -1.20. The van der Waals surface area contributed by atoms with Crippen LogP contribution >= 0.6 is 24.0 Å². The highest BCUT2D eigenvalue weighted by Gasteiger charge is 2.43. The van der Waals surface area contributed by atoms with Gasteiger partial charge in [-0.05, 0) is 44.1 Å². The molecule has 1 fully saturated rings. The van der Waals surface area contributed by atoms with E-state index >= 15 is 0 Å². The molecule has 0 aliphatic carbocycles. The summed E-state index contributed by atoms with van der Waals surface area (Å²) in [6.45, 7) is 1.46. The molecule has 4 rings (SSSR count). The van der Waals surface area contributed by atoms with Crippen LogP contribution in [0.1, 0.15) is 23.3 Å². The number of aromatic nitrogens is 1. The quantitative estimate of drug-likeness (QED) is 0.614. The summed E-state index contributed by atoms with van der Waals surface area (Å²) >= 11 is 5.76. The number of ether oxygens (including phenoxy) is 1. The largest absolute Gasteiger partial charge is 0.488 e. The van der Waals surface area contributed by atoms with Gasteiger partial charge in [0.15, 0.2) is 11.4 Å². The Kier molecular flexibility index (Phi) is 6.35. The third kappa shape index (κ3) is 4.15. The molecule has 3 heterocycles. The maximum absolute atomic E-state index is 13.4. The lowest BCUT2D eigenvalue weighted by atomic mass is 9.90. The molecule has 0 atom stereocenters. The van der Waals surface area contributed by atoms with Crippen molar-refractivity contribution in [1.29, 1.82) is 0 Å². The Morgan fingerprint density at radius 2 is 2.03 bits per heavy atom. The van der Waals surface area contributed by atoms with E-state index in [9.17, 15) is 17.6 Å². The van der Waals surface area contributed by atoms with Gasteiger partial charge in [-0.1, -0.05) is 11.6 Å². The first kappa shape index (κ1) is 22.8. The molecule has 1 spiro atoms. The van der Waals surface area contributed by atoms with Gasteiger partial charge in [-0.25, -0.2) is 17.5 Å². The van der Waals surface area contributed by atoms with E-state index in [1.807, 2.05) is 0 Å². The molecule has 2 aromatic rings. The van der Waals surface area contributed by atoms with Crippen molar-refractivity contribution in [3.63, 3.8) is 0 Å². The van der Waals surface area contributed by atoms with Gasteiger partial charge in [-0.15, -0.1) is 12.4 Å². The zero-order valence-corrected chi connectivity index (χ0v) is 18.4. The first-order chi connectivity index (χ1) is 13.7. The van der Waals surface area contributed by atoms with Gasteiger partial charge in [0.05, 0.1) is 10.6 Å². The summed E-state index contributed by atoms with van der Waals surface area (Å²) in [6.07, 6.45) is 2.51. The third-order valence-electron chi connectivity index (χ3n) is 5.19. The molecule has 1 amide bonds. The number of rotatable bonds is 2. The van der Waals surface area contributed by atoms with Crippen molar-refractivity contribution in [1.82, 2.24) is 14.6 Å². The van der Waals surface area contributed by atoms with E-state index in [1.54, 1.807) is 7.05 Å². The van der Waals surface area contributed by atoms with E-state index in [4.69, 9.17) is 16.3 Å². The topological polar surface area (TPSA) is 101 Å². The van der Waals surface area contributed by atoms with Gasteiger partial charge in [0, 0.05) is 18.9 Å².